The predicted molar refractivity (Wildman–Crippen MR) is 248 cm³/mol. The average Bonchev–Trinajstić information content (AvgIpc) is 4.07. The van der Waals surface area contributed by atoms with Crippen LogP contribution in [0, 0.1) is 23.7 Å². The summed E-state index contributed by atoms with van der Waals surface area (Å²) in [4.78, 5) is 157. The average molecular weight is 985 g/mol. The number of benzene rings is 1. The minimum Gasteiger partial charge on any atom is -0.508 e. The first-order valence-corrected chi connectivity index (χ1v) is 23.2. The van der Waals surface area contributed by atoms with Gasteiger partial charge in [0.2, 0.25) is 70.9 Å². The van der Waals surface area contributed by atoms with E-state index < -0.39 is 164 Å². The van der Waals surface area contributed by atoms with Crippen molar-refractivity contribution in [3.05, 3.63) is 29.8 Å². The van der Waals surface area contributed by atoms with Gasteiger partial charge >= 0.3 is 0 Å². The van der Waals surface area contributed by atoms with Gasteiger partial charge < -0.3 is 70.2 Å². The number of hydrogen-bond donors (Lipinski definition) is 13. The molecule has 386 valence electrons. The van der Waals surface area contributed by atoms with Crippen LogP contribution in [0.1, 0.15) is 91.0 Å². The molecule has 1 aliphatic carbocycles. The molecule has 1 saturated heterocycles. The number of primary amides is 3. The molecule has 2 fully saturated rings. The molecule has 25 heteroatoms. The van der Waals surface area contributed by atoms with Gasteiger partial charge in [-0.25, -0.2) is 0 Å². The molecule has 2 aliphatic rings. The molecule has 0 bridgehead atoms. The molecule has 16 N–H and O–H groups in total. The second kappa shape index (κ2) is 27.6. The van der Waals surface area contributed by atoms with Crippen LogP contribution in [0.4, 0.5) is 0 Å². The Balaban J connectivity index is 1.88. The molecular weight excluding hydrogens is 917 g/mol. The van der Waals surface area contributed by atoms with Gasteiger partial charge in [-0.1, -0.05) is 46.2 Å². The van der Waals surface area contributed by atoms with E-state index in [9.17, 15) is 62.6 Å². The fraction of sp³-hybridized carbons (Fsp3) is 0.600. The zero-order valence-corrected chi connectivity index (χ0v) is 39.9. The van der Waals surface area contributed by atoms with E-state index in [1.165, 1.54) is 24.3 Å². The topological polar surface area (TPSA) is 411 Å². The van der Waals surface area contributed by atoms with Crippen LogP contribution in [0.5, 0.6) is 5.75 Å². The molecule has 1 aliphatic heterocycles. The summed E-state index contributed by atoms with van der Waals surface area (Å²) < 4.78 is 0. The maximum absolute atomic E-state index is 14.0. The van der Waals surface area contributed by atoms with Crippen molar-refractivity contribution in [1.82, 2.24) is 47.9 Å². The van der Waals surface area contributed by atoms with Gasteiger partial charge in [-0.05, 0) is 61.1 Å². The Morgan fingerprint density at radius 1 is 0.714 bits per heavy atom. The summed E-state index contributed by atoms with van der Waals surface area (Å²) in [5.41, 5.74) is 16.5. The van der Waals surface area contributed by atoms with E-state index in [0.717, 1.165) is 0 Å². The normalized spacial score (nSPS) is 23.6. The minimum absolute atomic E-state index is 0.0141. The van der Waals surface area contributed by atoms with Crippen molar-refractivity contribution in [2.45, 2.75) is 128 Å². The first-order chi connectivity index (χ1) is 33.0. The highest BCUT2D eigenvalue weighted by molar-refractivity contribution is 5.98. The predicted octanol–water partition coefficient (Wildman–Crippen LogP) is -4.27. The van der Waals surface area contributed by atoms with Gasteiger partial charge in [-0.2, -0.15) is 0 Å². The van der Waals surface area contributed by atoms with Crippen molar-refractivity contribution in [2.75, 3.05) is 19.6 Å². The molecule has 1 heterocycles. The molecule has 1 unspecified atom stereocenters. The van der Waals surface area contributed by atoms with E-state index in [4.69, 9.17) is 17.2 Å². The third-order valence-electron chi connectivity index (χ3n) is 11.7. The monoisotopic (exact) mass is 985 g/mol. The SMILES string of the molecule is CC[C@H](C)[C@@H]1NC(=O)[C@H](Cc2ccc(O)cc2)NC(=O)CCC(=O)NC[C@@H](C(=O)NCCC2C[C@@H]2C(=O)N[C@@H](CC(C)C)C(=O)NCC(N)=O)NC(=O)[C@H](CC(N)=O)NC(=O)[C@H](CCC(N)=O)NC1=O. The Morgan fingerprint density at radius 2 is 1.34 bits per heavy atom. The van der Waals surface area contributed by atoms with Crippen molar-refractivity contribution >= 4 is 70.9 Å². The Kier molecular flexibility index (Phi) is 22.5. The van der Waals surface area contributed by atoms with Crippen LogP contribution in [0.15, 0.2) is 24.3 Å². The fourth-order valence-electron chi connectivity index (χ4n) is 7.48. The highest BCUT2D eigenvalue weighted by Crippen LogP contribution is 2.41. The molecular formula is C45H68N12O13. The number of amides is 12. The molecule has 0 aromatic heterocycles. The number of nitrogens with two attached hydrogens (primary N) is 3. The van der Waals surface area contributed by atoms with Crippen LogP contribution >= 0.6 is 0 Å². The van der Waals surface area contributed by atoms with Gasteiger partial charge in [-0.15, -0.1) is 0 Å². The molecule has 1 aromatic carbocycles. The number of nitrogens with one attached hydrogen (secondary N) is 9. The highest BCUT2D eigenvalue weighted by atomic mass is 16.3. The summed E-state index contributed by atoms with van der Waals surface area (Å²) in [7, 11) is 0. The molecule has 9 atom stereocenters. The summed E-state index contributed by atoms with van der Waals surface area (Å²) >= 11 is 0. The van der Waals surface area contributed by atoms with E-state index in [0.29, 0.717) is 18.4 Å². The summed E-state index contributed by atoms with van der Waals surface area (Å²) in [5.74, 6) is -11.2. The van der Waals surface area contributed by atoms with Crippen molar-refractivity contribution in [3.63, 3.8) is 0 Å². The van der Waals surface area contributed by atoms with Crippen LogP contribution in [-0.2, 0) is 64.0 Å². The lowest BCUT2D eigenvalue weighted by Gasteiger charge is -2.29. The van der Waals surface area contributed by atoms with E-state index >= 15 is 0 Å². The molecule has 0 radical (unpaired) electrons. The van der Waals surface area contributed by atoms with E-state index in [-0.39, 0.29) is 43.4 Å². The Hall–Kier alpha value is -7.34. The van der Waals surface area contributed by atoms with E-state index in [1.54, 1.807) is 13.8 Å². The summed E-state index contributed by atoms with van der Waals surface area (Å²) in [6.07, 6.45) is -1.35. The van der Waals surface area contributed by atoms with Crippen LogP contribution in [0.2, 0.25) is 0 Å². The van der Waals surface area contributed by atoms with Crippen molar-refractivity contribution in [1.29, 1.82) is 0 Å². The quantitative estimate of drug-likeness (QED) is 0.0590. The number of phenolic OH excluding ortho intramolecular Hbond substituents is 1. The fourth-order valence-corrected chi connectivity index (χ4v) is 7.48. The first-order valence-electron chi connectivity index (χ1n) is 23.2. The molecule has 1 aromatic rings. The van der Waals surface area contributed by atoms with Gasteiger partial charge in [0.1, 0.15) is 42.0 Å². The zero-order chi connectivity index (χ0) is 52.2. The van der Waals surface area contributed by atoms with E-state index in [2.05, 4.69) is 47.9 Å². The maximum Gasteiger partial charge on any atom is 0.244 e. The Labute approximate surface area is 404 Å². The van der Waals surface area contributed by atoms with Gasteiger partial charge in [-0.3, -0.25) is 57.5 Å². The number of carbonyl (C=O) groups is 12. The van der Waals surface area contributed by atoms with Crippen LogP contribution in [-0.4, -0.2) is 132 Å². The second-order valence-electron chi connectivity index (χ2n) is 18.1. The number of aromatic hydroxyl groups is 1. The number of phenols is 1. The smallest absolute Gasteiger partial charge is 0.244 e. The summed E-state index contributed by atoms with van der Waals surface area (Å²) in [6, 6.07) is -2.73. The first kappa shape index (κ1) is 57.0. The van der Waals surface area contributed by atoms with Crippen LogP contribution < -0.4 is 65.1 Å². The Bertz CT molecular complexity index is 2100. The molecule has 25 nitrogen and oxygen atoms in total. The third kappa shape index (κ3) is 19.7. The minimum atomic E-state index is -1.77. The van der Waals surface area contributed by atoms with Gasteiger partial charge in [0.15, 0.2) is 0 Å². The maximum atomic E-state index is 14.0. The Morgan fingerprint density at radius 3 is 1.96 bits per heavy atom. The highest BCUT2D eigenvalue weighted by Gasteiger charge is 2.44. The lowest BCUT2D eigenvalue weighted by atomic mass is 9.96. The number of hydrogen-bond acceptors (Lipinski definition) is 13. The third-order valence-corrected chi connectivity index (χ3v) is 11.7. The lowest BCUT2D eigenvalue weighted by molar-refractivity contribution is -0.136. The summed E-state index contributed by atoms with van der Waals surface area (Å²) in [5, 5.41) is 32.5. The number of rotatable bonds is 20. The van der Waals surface area contributed by atoms with E-state index in [1.807, 2.05) is 13.8 Å². The van der Waals surface area contributed by atoms with Gasteiger partial charge in [0.05, 0.1) is 13.0 Å². The molecule has 12 amide bonds. The molecule has 70 heavy (non-hydrogen) atoms. The molecule has 0 spiro atoms. The largest absolute Gasteiger partial charge is 0.508 e. The van der Waals surface area contributed by atoms with Crippen molar-refractivity contribution < 1.29 is 62.6 Å². The standard InChI is InChI=1S/C45H68N12O13/c1-5-23(4)38-45(70)53-28(10-11-33(46)59)42(67)55-31(19-34(47)60)43(68)56-32(20-50-36(62)12-13-37(63)52-30(44(69)57-38)17-24-6-8-26(58)9-7-24)41(66)49-15-14-25-18-27(25)39(64)54-29(16-22(2)3)40(65)51-21-35(48)61/h6-9,22-23,25,27-32,38,58H,5,10-21H2,1-4H3,(H2,46,59)(H2,47,60)(H2,48,61)(H,49,66)(H,50,62)(H,51,65)(H,52,63)(H,53,70)(H,54,64)(H,55,67)(H,56,68)(H,57,69)/t23-,25?,27-,28-,29-,30-,31-,32-,38-/m0/s1. The van der Waals surface area contributed by atoms with Crippen molar-refractivity contribution in [3.8, 4) is 5.75 Å². The van der Waals surface area contributed by atoms with Crippen molar-refractivity contribution in [2.24, 2.45) is 40.9 Å². The van der Waals surface area contributed by atoms with Gasteiger partial charge in [0, 0.05) is 44.7 Å². The molecule has 1 saturated carbocycles. The van der Waals surface area contributed by atoms with Gasteiger partial charge in [0.25, 0.3) is 0 Å². The lowest BCUT2D eigenvalue weighted by Crippen LogP contribution is -2.61. The van der Waals surface area contributed by atoms with Crippen LogP contribution in [0.3, 0.4) is 0 Å². The summed E-state index contributed by atoms with van der Waals surface area (Å²) in [6.45, 7) is 6.08. The zero-order valence-electron chi connectivity index (χ0n) is 39.9. The number of carbonyl (C=O) groups excluding carboxylic acids is 12. The molecule has 3 rings (SSSR count). The van der Waals surface area contributed by atoms with Crippen LogP contribution in [0.25, 0.3) is 0 Å². The second-order valence-corrected chi connectivity index (χ2v) is 18.1.